The lowest BCUT2D eigenvalue weighted by molar-refractivity contribution is 0.714. The van der Waals surface area contributed by atoms with Crippen LogP contribution in [0.1, 0.15) is 11.4 Å². The highest BCUT2D eigenvalue weighted by Crippen LogP contribution is 2.21. The van der Waals surface area contributed by atoms with Gasteiger partial charge < -0.3 is 5.32 Å². The zero-order valence-corrected chi connectivity index (χ0v) is 11.5. The lowest BCUT2D eigenvalue weighted by Crippen LogP contribution is -2.08. The van der Waals surface area contributed by atoms with Crippen molar-refractivity contribution in [2.75, 3.05) is 13.6 Å². The second-order valence-electron chi connectivity index (χ2n) is 4.29. The normalized spacial score (nSPS) is 11.2. The molecule has 0 saturated carbocycles. The molecule has 0 aliphatic rings. The van der Waals surface area contributed by atoms with Gasteiger partial charge in [-0.05, 0) is 20.0 Å². The molecule has 0 unspecified atom stereocenters. The molecule has 0 bridgehead atoms. The van der Waals surface area contributed by atoms with Gasteiger partial charge >= 0.3 is 0 Å². The Labute approximate surface area is 115 Å². The van der Waals surface area contributed by atoms with Crippen LogP contribution in [-0.4, -0.2) is 33.4 Å². The molecule has 19 heavy (non-hydrogen) atoms. The van der Waals surface area contributed by atoms with Crippen molar-refractivity contribution in [1.29, 1.82) is 0 Å². The van der Waals surface area contributed by atoms with E-state index >= 15 is 0 Å². The van der Waals surface area contributed by atoms with Gasteiger partial charge in [0, 0.05) is 12.0 Å². The topological polar surface area (TPSA) is 55.1 Å². The van der Waals surface area contributed by atoms with E-state index in [0.717, 1.165) is 40.7 Å². The van der Waals surface area contributed by atoms with Gasteiger partial charge in [-0.25, -0.2) is 0 Å². The number of aromatic nitrogens is 4. The summed E-state index contributed by atoms with van der Waals surface area (Å²) >= 11 is 1.61. The zero-order chi connectivity index (χ0) is 13.1. The smallest absolute Gasteiger partial charge is 0.234 e. The van der Waals surface area contributed by atoms with E-state index in [2.05, 4.69) is 20.6 Å². The van der Waals surface area contributed by atoms with Crippen LogP contribution in [0.2, 0.25) is 0 Å². The molecule has 2 heterocycles. The fraction of sp³-hybridized carbons (Fsp3) is 0.308. The van der Waals surface area contributed by atoms with Crippen molar-refractivity contribution in [3.63, 3.8) is 0 Å². The SMILES string of the molecule is CNCCCc1nn2c(-c3ccccc3)nnc2s1. The molecule has 2 aromatic heterocycles. The Bertz CT molecular complexity index is 658. The third-order valence-electron chi connectivity index (χ3n) is 2.88. The van der Waals surface area contributed by atoms with E-state index in [1.165, 1.54) is 0 Å². The highest BCUT2D eigenvalue weighted by Gasteiger charge is 2.12. The summed E-state index contributed by atoms with van der Waals surface area (Å²) in [6.45, 7) is 1.01. The average molecular weight is 273 g/mol. The molecule has 0 radical (unpaired) electrons. The summed E-state index contributed by atoms with van der Waals surface area (Å²) in [6, 6.07) is 10.0. The quantitative estimate of drug-likeness (QED) is 0.722. The molecule has 0 atom stereocenters. The van der Waals surface area contributed by atoms with Crippen LogP contribution >= 0.6 is 11.3 Å². The zero-order valence-electron chi connectivity index (χ0n) is 10.7. The Hall–Kier alpha value is -1.79. The van der Waals surface area contributed by atoms with Crippen molar-refractivity contribution in [2.24, 2.45) is 0 Å². The van der Waals surface area contributed by atoms with Gasteiger partial charge in [0.25, 0.3) is 0 Å². The summed E-state index contributed by atoms with van der Waals surface area (Å²) in [4.78, 5) is 0.860. The summed E-state index contributed by atoms with van der Waals surface area (Å²) in [7, 11) is 1.96. The maximum Gasteiger partial charge on any atom is 0.234 e. The lowest BCUT2D eigenvalue weighted by atomic mass is 10.2. The number of nitrogens with one attached hydrogen (secondary N) is 1. The van der Waals surface area contributed by atoms with E-state index < -0.39 is 0 Å². The fourth-order valence-corrected chi connectivity index (χ4v) is 2.82. The molecule has 0 fully saturated rings. The second kappa shape index (κ2) is 5.46. The molecule has 98 valence electrons. The highest BCUT2D eigenvalue weighted by atomic mass is 32.1. The molecule has 1 aromatic carbocycles. The molecule has 0 aliphatic heterocycles. The van der Waals surface area contributed by atoms with Gasteiger partial charge in [-0.3, -0.25) is 0 Å². The molecule has 0 aliphatic carbocycles. The van der Waals surface area contributed by atoms with Crippen LogP contribution in [0.3, 0.4) is 0 Å². The minimum Gasteiger partial charge on any atom is -0.320 e. The minimum absolute atomic E-state index is 0.812. The molecule has 0 saturated heterocycles. The first kappa shape index (κ1) is 12.3. The number of nitrogens with zero attached hydrogens (tertiary/aromatic N) is 4. The van der Waals surface area contributed by atoms with Crippen molar-refractivity contribution in [1.82, 2.24) is 25.1 Å². The average Bonchev–Trinajstić information content (AvgIpc) is 3.00. The Morgan fingerprint density at radius 2 is 2.05 bits per heavy atom. The molecule has 1 N–H and O–H groups in total. The Morgan fingerprint density at radius 1 is 1.21 bits per heavy atom. The van der Waals surface area contributed by atoms with E-state index in [-0.39, 0.29) is 0 Å². The molecule has 3 aromatic rings. The first-order chi connectivity index (χ1) is 9.38. The Kier molecular flexibility index (Phi) is 3.52. The standard InChI is InChI=1S/C13H15N5S/c1-14-9-5-8-11-17-18-12(15-16-13(18)19-11)10-6-3-2-4-7-10/h2-4,6-7,14H,5,8-9H2,1H3. The third-order valence-corrected chi connectivity index (χ3v) is 3.84. The Balaban J connectivity index is 1.90. The van der Waals surface area contributed by atoms with Gasteiger partial charge in [-0.2, -0.15) is 9.61 Å². The molecule has 5 nitrogen and oxygen atoms in total. The molecule has 6 heteroatoms. The van der Waals surface area contributed by atoms with E-state index in [9.17, 15) is 0 Å². The number of rotatable bonds is 5. The van der Waals surface area contributed by atoms with E-state index in [1.807, 2.05) is 41.9 Å². The molecular formula is C13H15N5S. The first-order valence-corrected chi connectivity index (χ1v) is 7.11. The maximum atomic E-state index is 4.60. The largest absolute Gasteiger partial charge is 0.320 e. The predicted molar refractivity (Wildman–Crippen MR) is 76.3 cm³/mol. The van der Waals surface area contributed by atoms with Gasteiger partial charge in [-0.15, -0.1) is 10.2 Å². The number of hydrogen-bond acceptors (Lipinski definition) is 5. The first-order valence-electron chi connectivity index (χ1n) is 6.29. The van der Waals surface area contributed by atoms with Crippen LogP contribution in [0, 0.1) is 0 Å². The summed E-state index contributed by atoms with van der Waals surface area (Å²) in [5, 5.41) is 17.3. The number of benzene rings is 1. The number of hydrogen-bond donors (Lipinski definition) is 1. The van der Waals surface area contributed by atoms with Gasteiger partial charge in [0.1, 0.15) is 5.01 Å². The van der Waals surface area contributed by atoms with Crippen LogP contribution < -0.4 is 5.32 Å². The van der Waals surface area contributed by atoms with Crippen molar-refractivity contribution in [3.05, 3.63) is 35.3 Å². The van der Waals surface area contributed by atoms with Gasteiger partial charge in [-0.1, -0.05) is 41.7 Å². The summed E-state index contributed by atoms with van der Waals surface area (Å²) in [5.74, 6) is 0.812. The molecule has 3 rings (SSSR count). The predicted octanol–water partition coefficient (Wildman–Crippen LogP) is 2.00. The maximum absolute atomic E-state index is 4.60. The van der Waals surface area contributed by atoms with E-state index in [1.54, 1.807) is 11.3 Å². The van der Waals surface area contributed by atoms with Crippen molar-refractivity contribution < 1.29 is 0 Å². The second-order valence-corrected chi connectivity index (χ2v) is 5.33. The van der Waals surface area contributed by atoms with Crippen LogP contribution in [0.4, 0.5) is 0 Å². The number of aryl methyl sites for hydroxylation is 1. The monoisotopic (exact) mass is 273 g/mol. The highest BCUT2D eigenvalue weighted by molar-refractivity contribution is 7.16. The molecule has 0 amide bonds. The third kappa shape index (κ3) is 2.50. The summed E-state index contributed by atoms with van der Waals surface area (Å²) in [6.07, 6.45) is 2.06. The van der Waals surface area contributed by atoms with Gasteiger partial charge in [0.15, 0.2) is 5.82 Å². The van der Waals surface area contributed by atoms with Gasteiger partial charge in [0.2, 0.25) is 4.96 Å². The Morgan fingerprint density at radius 3 is 2.84 bits per heavy atom. The minimum atomic E-state index is 0.812. The number of fused-ring (bicyclic) bond motifs is 1. The molecule has 0 spiro atoms. The van der Waals surface area contributed by atoms with Crippen LogP contribution in [0.15, 0.2) is 30.3 Å². The lowest BCUT2D eigenvalue weighted by Gasteiger charge is -1.96. The van der Waals surface area contributed by atoms with Crippen LogP contribution in [0.5, 0.6) is 0 Å². The van der Waals surface area contributed by atoms with Gasteiger partial charge in [0.05, 0.1) is 0 Å². The van der Waals surface area contributed by atoms with Crippen molar-refractivity contribution in [2.45, 2.75) is 12.8 Å². The summed E-state index contributed by atoms with van der Waals surface area (Å²) < 4.78 is 1.84. The van der Waals surface area contributed by atoms with E-state index in [0.29, 0.717) is 0 Å². The fourth-order valence-electron chi connectivity index (χ4n) is 1.94. The van der Waals surface area contributed by atoms with Crippen LogP contribution in [0.25, 0.3) is 16.3 Å². The van der Waals surface area contributed by atoms with Crippen LogP contribution in [-0.2, 0) is 6.42 Å². The summed E-state index contributed by atoms with van der Waals surface area (Å²) in [5.41, 5.74) is 1.04. The molecular weight excluding hydrogens is 258 g/mol. The van der Waals surface area contributed by atoms with E-state index in [4.69, 9.17) is 0 Å². The van der Waals surface area contributed by atoms with Crippen molar-refractivity contribution >= 4 is 16.3 Å². The van der Waals surface area contributed by atoms with Crippen molar-refractivity contribution in [3.8, 4) is 11.4 Å².